The van der Waals surface area contributed by atoms with Crippen LogP contribution in [0.25, 0.3) is 0 Å². The molecule has 1 fully saturated rings. The number of amides is 1. The van der Waals surface area contributed by atoms with Crippen molar-refractivity contribution in [2.45, 2.75) is 46.0 Å². The predicted molar refractivity (Wildman–Crippen MR) is 92.9 cm³/mol. The Balaban J connectivity index is 0.00000220. The van der Waals surface area contributed by atoms with E-state index in [0.717, 1.165) is 43.8 Å². The van der Waals surface area contributed by atoms with Gasteiger partial charge in [0.1, 0.15) is 0 Å². The van der Waals surface area contributed by atoms with Crippen molar-refractivity contribution in [2.24, 2.45) is 5.92 Å². The fraction of sp³-hybridized carbons (Fsp3) is 0.688. The summed E-state index contributed by atoms with van der Waals surface area (Å²) >= 11 is 1.68. The van der Waals surface area contributed by atoms with Crippen LogP contribution in [-0.4, -0.2) is 25.5 Å². The topological polar surface area (TPSA) is 41.1 Å². The molecule has 0 aliphatic carbocycles. The SMILES string of the molecule is CCCc1sc(C(=O)NCC2CCCNC2)cc1CC.Cl. The van der Waals surface area contributed by atoms with Gasteiger partial charge in [0.15, 0.2) is 0 Å². The molecule has 0 aromatic carbocycles. The van der Waals surface area contributed by atoms with Crippen molar-refractivity contribution in [3.8, 4) is 0 Å². The van der Waals surface area contributed by atoms with Gasteiger partial charge in [-0.25, -0.2) is 0 Å². The van der Waals surface area contributed by atoms with E-state index in [1.54, 1.807) is 11.3 Å². The van der Waals surface area contributed by atoms with Gasteiger partial charge in [-0.05, 0) is 56.3 Å². The van der Waals surface area contributed by atoms with Crippen LogP contribution in [-0.2, 0) is 12.8 Å². The number of rotatable bonds is 6. The molecule has 0 saturated carbocycles. The summed E-state index contributed by atoms with van der Waals surface area (Å²) in [6.07, 6.45) is 5.70. The molecule has 5 heteroatoms. The molecule has 3 nitrogen and oxygen atoms in total. The first-order chi connectivity index (χ1) is 9.74. The van der Waals surface area contributed by atoms with Crippen LogP contribution in [0.15, 0.2) is 6.07 Å². The average Bonchev–Trinajstić information content (AvgIpc) is 2.89. The zero-order chi connectivity index (χ0) is 14.4. The highest BCUT2D eigenvalue weighted by atomic mass is 35.5. The molecule has 1 saturated heterocycles. The summed E-state index contributed by atoms with van der Waals surface area (Å²) < 4.78 is 0. The summed E-state index contributed by atoms with van der Waals surface area (Å²) in [5.41, 5.74) is 1.35. The number of hydrogen-bond acceptors (Lipinski definition) is 3. The lowest BCUT2D eigenvalue weighted by atomic mass is 10.00. The van der Waals surface area contributed by atoms with Gasteiger partial charge in [0, 0.05) is 11.4 Å². The van der Waals surface area contributed by atoms with Crippen molar-refractivity contribution in [1.82, 2.24) is 10.6 Å². The summed E-state index contributed by atoms with van der Waals surface area (Å²) in [5, 5.41) is 6.50. The van der Waals surface area contributed by atoms with E-state index in [4.69, 9.17) is 0 Å². The third-order valence-corrected chi connectivity index (χ3v) is 5.16. The van der Waals surface area contributed by atoms with E-state index in [0.29, 0.717) is 5.92 Å². The molecule has 1 aromatic rings. The van der Waals surface area contributed by atoms with E-state index in [2.05, 4.69) is 30.5 Å². The molecule has 0 spiro atoms. The summed E-state index contributed by atoms with van der Waals surface area (Å²) in [7, 11) is 0. The first kappa shape index (κ1) is 18.5. The Hall–Kier alpha value is -0.580. The zero-order valence-corrected chi connectivity index (χ0v) is 14.7. The summed E-state index contributed by atoms with van der Waals surface area (Å²) in [6.45, 7) is 7.31. The van der Waals surface area contributed by atoms with E-state index in [-0.39, 0.29) is 18.3 Å². The van der Waals surface area contributed by atoms with Gasteiger partial charge in [-0.1, -0.05) is 20.3 Å². The Morgan fingerprint density at radius 3 is 2.90 bits per heavy atom. The molecule has 2 N–H and O–H groups in total. The quantitative estimate of drug-likeness (QED) is 0.839. The van der Waals surface area contributed by atoms with Crippen LogP contribution in [0.3, 0.4) is 0 Å². The number of hydrogen-bond donors (Lipinski definition) is 2. The van der Waals surface area contributed by atoms with Crippen molar-refractivity contribution in [1.29, 1.82) is 0 Å². The molecule has 120 valence electrons. The third-order valence-electron chi connectivity index (χ3n) is 3.93. The Kier molecular flexibility index (Phi) is 8.30. The van der Waals surface area contributed by atoms with Crippen molar-refractivity contribution in [3.05, 3.63) is 21.4 Å². The number of piperidine rings is 1. The maximum Gasteiger partial charge on any atom is 0.261 e. The van der Waals surface area contributed by atoms with Crippen LogP contribution in [0.5, 0.6) is 0 Å². The molecule has 1 unspecified atom stereocenters. The smallest absolute Gasteiger partial charge is 0.261 e. The molecule has 0 radical (unpaired) electrons. The standard InChI is InChI=1S/C16H26N2OS.ClH/c1-3-6-14-13(4-2)9-15(20-14)16(19)18-11-12-7-5-8-17-10-12;/h9,12,17H,3-8,10-11H2,1-2H3,(H,18,19);1H. The Morgan fingerprint density at radius 1 is 1.48 bits per heavy atom. The van der Waals surface area contributed by atoms with Gasteiger partial charge >= 0.3 is 0 Å². The predicted octanol–water partition coefficient (Wildman–Crippen LogP) is 3.41. The average molecular weight is 331 g/mol. The van der Waals surface area contributed by atoms with Crippen LogP contribution in [0.4, 0.5) is 0 Å². The Morgan fingerprint density at radius 2 is 2.29 bits per heavy atom. The summed E-state index contributed by atoms with van der Waals surface area (Å²) in [6, 6.07) is 2.09. The molecular weight excluding hydrogens is 304 g/mol. The lowest BCUT2D eigenvalue weighted by Gasteiger charge is -2.22. The minimum atomic E-state index is 0. The molecule has 2 heterocycles. The minimum absolute atomic E-state index is 0. The highest BCUT2D eigenvalue weighted by Gasteiger charge is 2.16. The molecule has 1 amide bonds. The molecule has 1 aliphatic heterocycles. The fourth-order valence-electron chi connectivity index (χ4n) is 2.74. The first-order valence-electron chi connectivity index (χ1n) is 7.85. The second-order valence-electron chi connectivity index (χ2n) is 5.59. The van der Waals surface area contributed by atoms with Gasteiger partial charge in [0.05, 0.1) is 4.88 Å². The Bertz CT molecular complexity index is 441. The van der Waals surface area contributed by atoms with Crippen LogP contribution in [0.2, 0.25) is 0 Å². The molecule has 1 aromatic heterocycles. The zero-order valence-electron chi connectivity index (χ0n) is 13.0. The van der Waals surface area contributed by atoms with E-state index >= 15 is 0 Å². The van der Waals surface area contributed by atoms with Crippen molar-refractivity contribution >= 4 is 29.7 Å². The second kappa shape index (κ2) is 9.44. The first-order valence-corrected chi connectivity index (χ1v) is 8.66. The van der Waals surface area contributed by atoms with Gasteiger partial charge < -0.3 is 10.6 Å². The van der Waals surface area contributed by atoms with Crippen LogP contribution >= 0.6 is 23.7 Å². The van der Waals surface area contributed by atoms with Gasteiger partial charge in [-0.2, -0.15) is 0 Å². The number of halogens is 1. The maximum absolute atomic E-state index is 12.3. The van der Waals surface area contributed by atoms with Crippen LogP contribution < -0.4 is 10.6 Å². The lowest BCUT2D eigenvalue weighted by molar-refractivity contribution is 0.0949. The minimum Gasteiger partial charge on any atom is -0.351 e. The highest BCUT2D eigenvalue weighted by Crippen LogP contribution is 2.24. The number of thiophene rings is 1. The molecule has 1 atom stereocenters. The van der Waals surface area contributed by atoms with Crippen LogP contribution in [0, 0.1) is 5.92 Å². The molecular formula is C16H27ClN2OS. The van der Waals surface area contributed by atoms with Crippen molar-refractivity contribution in [3.63, 3.8) is 0 Å². The largest absolute Gasteiger partial charge is 0.351 e. The van der Waals surface area contributed by atoms with Crippen molar-refractivity contribution < 1.29 is 4.79 Å². The maximum atomic E-state index is 12.3. The second-order valence-corrected chi connectivity index (χ2v) is 6.72. The molecule has 21 heavy (non-hydrogen) atoms. The molecule has 1 aliphatic rings. The fourth-order valence-corrected chi connectivity index (χ4v) is 4.01. The van der Waals surface area contributed by atoms with Gasteiger partial charge in [-0.15, -0.1) is 23.7 Å². The van der Waals surface area contributed by atoms with E-state index in [1.807, 2.05) is 0 Å². The normalized spacial score (nSPS) is 18.1. The van der Waals surface area contributed by atoms with Gasteiger partial charge in [-0.3, -0.25) is 4.79 Å². The summed E-state index contributed by atoms with van der Waals surface area (Å²) in [5.74, 6) is 0.700. The molecule has 2 rings (SSSR count). The van der Waals surface area contributed by atoms with Gasteiger partial charge in [0.25, 0.3) is 5.91 Å². The number of carbonyl (C=O) groups excluding carboxylic acids is 1. The third kappa shape index (κ3) is 5.28. The Labute approximate surface area is 138 Å². The van der Waals surface area contributed by atoms with E-state index in [9.17, 15) is 4.79 Å². The van der Waals surface area contributed by atoms with E-state index in [1.165, 1.54) is 23.3 Å². The number of carbonyl (C=O) groups is 1. The van der Waals surface area contributed by atoms with Gasteiger partial charge in [0.2, 0.25) is 0 Å². The number of aryl methyl sites for hydroxylation is 2. The van der Waals surface area contributed by atoms with Crippen LogP contribution in [0.1, 0.15) is 53.2 Å². The summed E-state index contributed by atoms with van der Waals surface area (Å²) in [4.78, 5) is 14.5. The van der Waals surface area contributed by atoms with Crippen molar-refractivity contribution in [2.75, 3.05) is 19.6 Å². The van der Waals surface area contributed by atoms with E-state index < -0.39 is 0 Å². The molecule has 0 bridgehead atoms. The monoisotopic (exact) mass is 330 g/mol. The number of nitrogens with one attached hydrogen (secondary N) is 2. The highest BCUT2D eigenvalue weighted by molar-refractivity contribution is 7.14. The lowest BCUT2D eigenvalue weighted by Crippen LogP contribution is -2.37.